The molecule has 1 rings (SSSR count). The van der Waals surface area contributed by atoms with Gasteiger partial charge in [-0.2, -0.15) is 0 Å². The lowest BCUT2D eigenvalue weighted by atomic mass is 9.86. The van der Waals surface area contributed by atoms with Crippen LogP contribution in [0.5, 0.6) is 0 Å². The molecule has 0 spiro atoms. The fourth-order valence-corrected chi connectivity index (χ4v) is 1.28. The molecule has 0 aliphatic rings. The summed E-state index contributed by atoms with van der Waals surface area (Å²) >= 11 is 0. The van der Waals surface area contributed by atoms with E-state index in [4.69, 9.17) is 5.73 Å². The van der Waals surface area contributed by atoms with Crippen LogP contribution >= 0.6 is 0 Å². The van der Waals surface area contributed by atoms with Crippen LogP contribution < -0.4 is 11.1 Å². The van der Waals surface area contributed by atoms with Crippen molar-refractivity contribution >= 4 is 11.6 Å². The average Bonchev–Trinajstić information content (AvgIpc) is 2.13. The Kier molecular flexibility index (Phi) is 3.86. The molecule has 0 fully saturated rings. The Morgan fingerprint density at radius 1 is 1.22 bits per heavy atom. The molecule has 1 heterocycles. The Morgan fingerprint density at radius 3 is 2.22 bits per heavy atom. The molecular formula is C13H24N4O. The van der Waals surface area contributed by atoms with E-state index in [2.05, 4.69) is 15.3 Å². The van der Waals surface area contributed by atoms with Gasteiger partial charge in [-0.05, 0) is 27.7 Å². The van der Waals surface area contributed by atoms with Crippen molar-refractivity contribution in [2.24, 2.45) is 0 Å². The molecule has 0 saturated heterocycles. The smallest absolute Gasteiger partial charge is 0.135 e. The Morgan fingerprint density at radius 2 is 1.78 bits per heavy atom. The Labute approximate surface area is 109 Å². The Balaban J connectivity index is 3.05. The van der Waals surface area contributed by atoms with Gasteiger partial charge in [0.25, 0.3) is 0 Å². The van der Waals surface area contributed by atoms with Crippen LogP contribution in [0.3, 0.4) is 0 Å². The van der Waals surface area contributed by atoms with Crippen molar-refractivity contribution < 1.29 is 5.11 Å². The van der Waals surface area contributed by atoms with Gasteiger partial charge in [0.2, 0.25) is 0 Å². The van der Waals surface area contributed by atoms with Crippen molar-refractivity contribution in [3.63, 3.8) is 0 Å². The zero-order valence-corrected chi connectivity index (χ0v) is 12.1. The maximum absolute atomic E-state index is 10.1. The summed E-state index contributed by atoms with van der Waals surface area (Å²) in [7, 11) is 0. The van der Waals surface area contributed by atoms with Gasteiger partial charge < -0.3 is 16.2 Å². The number of anilines is 2. The maximum Gasteiger partial charge on any atom is 0.135 e. The van der Waals surface area contributed by atoms with Crippen LogP contribution in [0.4, 0.5) is 11.6 Å². The van der Waals surface area contributed by atoms with Gasteiger partial charge in [0.1, 0.15) is 17.5 Å². The van der Waals surface area contributed by atoms with Gasteiger partial charge in [-0.1, -0.05) is 13.8 Å². The van der Waals surface area contributed by atoms with Crippen molar-refractivity contribution in [1.29, 1.82) is 0 Å². The predicted octanol–water partition coefficient (Wildman–Crippen LogP) is 2.14. The second-order valence-electron chi connectivity index (χ2n) is 6.00. The molecule has 0 saturated carbocycles. The summed E-state index contributed by atoms with van der Waals surface area (Å²) in [5.41, 5.74) is 4.36. The van der Waals surface area contributed by atoms with E-state index in [1.54, 1.807) is 19.9 Å². The number of nitrogens with two attached hydrogens (primary N) is 1. The molecule has 0 aliphatic heterocycles. The van der Waals surface area contributed by atoms with Gasteiger partial charge in [0.05, 0.1) is 11.1 Å². The fraction of sp³-hybridized carbons (Fsp3) is 0.692. The van der Waals surface area contributed by atoms with Crippen LogP contribution in [0, 0.1) is 0 Å². The van der Waals surface area contributed by atoms with E-state index in [1.165, 1.54) is 0 Å². The van der Waals surface area contributed by atoms with Gasteiger partial charge in [0.15, 0.2) is 0 Å². The zero-order chi connectivity index (χ0) is 14.1. The molecule has 1 aromatic heterocycles. The molecule has 0 aromatic carbocycles. The second kappa shape index (κ2) is 4.72. The summed E-state index contributed by atoms with van der Waals surface area (Å²) in [5.74, 6) is 1.98. The normalized spacial score (nSPS) is 12.9. The average molecular weight is 252 g/mol. The Hall–Kier alpha value is -1.36. The summed E-state index contributed by atoms with van der Waals surface area (Å²) in [4.78, 5) is 8.61. The van der Waals surface area contributed by atoms with Gasteiger partial charge in [-0.25, -0.2) is 9.97 Å². The molecular weight excluding hydrogens is 228 g/mol. The summed E-state index contributed by atoms with van der Waals surface area (Å²) in [6, 6.07) is 1.68. The molecule has 0 aliphatic carbocycles. The minimum atomic E-state index is -0.884. The first-order valence-electron chi connectivity index (χ1n) is 6.18. The van der Waals surface area contributed by atoms with Crippen molar-refractivity contribution in [2.45, 2.75) is 58.6 Å². The fourth-order valence-electron chi connectivity index (χ4n) is 1.28. The van der Waals surface area contributed by atoms with Gasteiger partial charge in [0, 0.05) is 12.0 Å². The number of nitrogens with zero attached hydrogens (tertiary/aromatic N) is 2. The molecule has 18 heavy (non-hydrogen) atoms. The van der Waals surface area contributed by atoms with E-state index in [-0.39, 0.29) is 5.92 Å². The van der Waals surface area contributed by atoms with Crippen LogP contribution in [-0.4, -0.2) is 26.2 Å². The lowest BCUT2D eigenvalue weighted by Crippen LogP contribution is -2.51. The number of nitrogens with one attached hydrogen (secondary N) is 1. The highest BCUT2D eigenvalue weighted by Crippen LogP contribution is 2.26. The van der Waals surface area contributed by atoms with Crippen LogP contribution in [0.2, 0.25) is 0 Å². The van der Waals surface area contributed by atoms with E-state index in [1.807, 2.05) is 27.7 Å². The number of hydrogen-bond donors (Lipinski definition) is 3. The van der Waals surface area contributed by atoms with Gasteiger partial charge >= 0.3 is 0 Å². The predicted molar refractivity (Wildman–Crippen MR) is 74.5 cm³/mol. The topological polar surface area (TPSA) is 84.1 Å². The van der Waals surface area contributed by atoms with Crippen LogP contribution in [0.25, 0.3) is 0 Å². The van der Waals surface area contributed by atoms with Crippen LogP contribution in [0.1, 0.15) is 53.3 Å². The van der Waals surface area contributed by atoms with Gasteiger partial charge in [-0.3, -0.25) is 0 Å². The number of nitrogen functional groups attached to an aromatic ring is 1. The number of hydrogen-bond acceptors (Lipinski definition) is 5. The highest BCUT2D eigenvalue weighted by atomic mass is 16.3. The highest BCUT2D eigenvalue weighted by Gasteiger charge is 2.35. The third-order valence-electron chi connectivity index (χ3n) is 3.25. The van der Waals surface area contributed by atoms with E-state index in [0.717, 1.165) is 0 Å². The lowest BCUT2D eigenvalue weighted by molar-refractivity contribution is 0.0238. The highest BCUT2D eigenvalue weighted by molar-refractivity contribution is 5.47. The summed E-state index contributed by atoms with van der Waals surface area (Å²) in [6.45, 7) is 11.4. The monoisotopic (exact) mass is 252 g/mol. The molecule has 5 nitrogen and oxygen atoms in total. The minimum absolute atomic E-state index is 0.208. The summed E-state index contributed by atoms with van der Waals surface area (Å²) in [5, 5.41) is 13.3. The first-order chi connectivity index (χ1) is 8.03. The number of aliphatic hydroxyl groups is 1. The van der Waals surface area contributed by atoms with E-state index in [0.29, 0.717) is 17.5 Å². The van der Waals surface area contributed by atoms with Crippen molar-refractivity contribution in [3.8, 4) is 0 Å². The maximum atomic E-state index is 10.1. The third kappa shape index (κ3) is 3.32. The lowest BCUT2D eigenvalue weighted by Gasteiger charge is -2.38. The molecule has 0 amide bonds. The summed E-state index contributed by atoms with van der Waals surface area (Å²) in [6.07, 6.45) is 0. The zero-order valence-electron chi connectivity index (χ0n) is 12.1. The van der Waals surface area contributed by atoms with Crippen LogP contribution in [-0.2, 0) is 0 Å². The molecule has 4 N–H and O–H groups in total. The molecule has 0 radical (unpaired) electrons. The first-order valence-corrected chi connectivity index (χ1v) is 6.18. The van der Waals surface area contributed by atoms with Crippen LogP contribution in [0.15, 0.2) is 6.07 Å². The Bertz CT molecular complexity index is 421. The molecule has 5 heteroatoms. The standard InChI is InChI=1S/C13H24N4O/c1-8(2)11-15-9(14)7-10(16-11)17-12(3,4)13(5,6)18/h7-8,18H,1-6H3,(H3,14,15,16,17). The third-order valence-corrected chi connectivity index (χ3v) is 3.25. The molecule has 0 unspecified atom stereocenters. The number of aromatic nitrogens is 2. The van der Waals surface area contributed by atoms with Crippen molar-refractivity contribution in [3.05, 3.63) is 11.9 Å². The van der Waals surface area contributed by atoms with Gasteiger partial charge in [-0.15, -0.1) is 0 Å². The largest absolute Gasteiger partial charge is 0.388 e. The SMILES string of the molecule is CC(C)c1nc(N)cc(NC(C)(C)C(C)(C)O)n1. The quantitative estimate of drug-likeness (QED) is 0.764. The van der Waals surface area contributed by atoms with E-state index < -0.39 is 11.1 Å². The first kappa shape index (κ1) is 14.7. The number of rotatable bonds is 4. The van der Waals surface area contributed by atoms with E-state index in [9.17, 15) is 5.11 Å². The summed E-state index contributed by atoms with van der Waals surface area (Å²) < 4.78 is 0. The van der Waals surface area contributed by atoms with E-state index >= 15 is 0 Å². The molecule has 1 aromatic rings. The van der Waals surface area contributed by atoms with Crippen molar-refractivity contribution in [2.75, 3.05) is 11.1 Å². The minimum Gasteiger partial charge on any atom is -0.388 e. The molecule has 0 atom stereocenters. The molecule has 102 valence electrons. The van der Waals surface area contributed by atoms with Crippen molar-refractivity contribution in [1.82, 2.24) is 9.97 Å². The molecule has 0 bridgehead atoms. The second-order valence-corrected chi connectivity index (χ2v) is 6.00.